The lowest BCUT2D eigenvalue weighted by atomic mass is 9.46. The van der Waals surface area contributed by atoms with Crippen LogP contribution >= 0.6 is 0 Å². The summed E-state index contributed by atoms with van der Waals surface area (Å²) in [5.74, 6) is 1.09. The van der Waals surface area contributed by atoms with Crippen molar-refractivity contribution in [2.45, 2.75) is 90.4 Å². The average Bonchev–Trinajstić information content (AvgIpc) is 2.72. The molecule has 1 fully saturated rings. The Balaban J connectivity index is 1.68. The zero-order valence-electron chi connectivity index (χ0n) is 20.0. The zero-order chi connectivity index (χ0) is 22.2. The van der Waals surface area contributed by atoms with Crippen LogP contribution in [0.1, 0.15) is 83.1 Å². The van der Waals surface area contributed by atoms with Gasteiger partial charge in [-0.1, -0.05) is 75.4 Å². The summed E-state index contributed by atoms with van der Waals surface area (Å²) in [5, 5.41) is 9.92. The molecule has 2 aliphatic rings. The number of hydrogen-bond donors (Lipinski definition) is 1. The highest BCUT2D eigenvalue weighted by Crippen LogP contribution is 2.61. The number of aliphatic hydroxyl groups excluding tert-OH is 1. The molecule has 1 N–H and O–H groups in total. The Hall–Kier alpha value is -1.64. The van der Waals surface area contributed by atoms with Crippen LogP contribution in [0.5, 0.6) is 0 Å². The third-order valence-electron chi connectivity index (χ3n) is 8.48. The minimum Gasteiger partial charge on any atom is -0.393 e. The molecule has 0 aromatic heterocycles. The summed E-state index contributed by atoms with van der Waals surface area (Å²) in [6.45, 7) is 11.5. The van der Waals surface area contributed by atoms with Crippen LogP contribution in [0.15, 0.2) is 54.6 Å². The number of benzene rings is 2. The molecule has 1 saturated carbocycles. The first-order valence-corrected chi connectivity index (χ1v) is 12.2. The standard InChI is InChI=1S/C29H40O2/c1-20(30)19-21(2)31-27(23-12-7-6-8-13-23)25-17-18-29(5)24-14-10-9-11-22(24)15-16-26(29)28(25,3)4/h6-14,20-21,25-27,30H,15-19H2,1-5H3/t20-,21?,25-,26+,27?,29-/m1/s1. The molecule has 0 amide bonds. The van der Waals surface area contributed by atoms with Crippen molar-refractivity contribution in [3.63, 3.8) is 0 Å². The highest BCUT2D eigenvalue weighted by molar-refractivity contribution is 5.39. The van der Waals surface area contributed by atoms with Crippen molar-refractivity contribution >= 4 is 0 Å². The van der Waals surface area contributed by atoms with Gasteiger partial charge in [0.25, 0.3) is 0 Å². The first-order chi connectivity index (χ1) is 14.7. The highest BCUT2D eigenvalue weighted by Gasteiger charge is 2.55. The molecule has 2 aliphatic carbocycles. The van der Waals surface area contributed by atoms with Crippen molar-refractivity contribution in [2.24, 2.45) is 17.3 Å². The van der Waals surface area contributed by atoms with E-state index >= 15 is 0 Å². The highest BCUT2D eigenvalue weighted by atomic mass is 16.5. The van der Waals surface area contributed by atoms with Gasteiger partial charge in [-0.15, -0.1) is 0 Å². The molecule has 4 rings (SSSR count). The van der Waals surface area contributed by atoms with E-state index in [0.29, 0.717) is 18.3 Å². The molecule has 31 heavy (non-hydrogen) atoms. The molecule has 2 unspecified atom stereocenters. The summed E-state index contributed by atoms with van der Waals surface area (Å²) in [6, 6.07) is 19.9. The molecule has 2 nitrogen and oxygen atoms in total. The second-order valence-corrected chi connectivity index (χ2v) is 11.0. The Bertz CT molecular complexity index is 871. The Morgan fingerprint density at radius 3 is 2.35 bits per heavy atom. The second kappa shape index (κ2) is 8.71. The van der Waals surface area contributed by atoms with Gasteiger partial charge in [0.1, 0.15) is 0 Å². The molecule has 0 saturated heterocycles. The maximum absolute atomic E-state index is 9.92. The van der Waals surface area contributed by atoms with E-state index in [1.54, 1.807) is 11.1 Å². The van der Waals surface area contributed by atoms with Crippen LogP contribution in [0.4, 0.5) is 0 Å². The number of rotatable bonds is 6. The van der Waals surface area contributed by atoms with Crippen LogP contribution in [0.2, 0.25) is 0 Å². The van der Waals surface area contributed by atoms with Crippen molar-refractivity contribution in [2.75, 3.05) is 0 Å². The van der Waals surface area contributed by atoms with Crippen LogP contribution in [-0.4, -0.2) is 17.3 Å². The summed E-state index contributed by atoms with van der Waals surface area (Å²) >= 11 is 0. The van der Waals surface area contributed by atoms with Crippen molar-refractivity contribution in [1.29, 1.82) is 0 Å². The SMILES string of the molecule is CC(C[C@@H](C)O)OC(c1ccccc1)[C@H]1CC[C@]2(C)c3ccccc3CC[C@H]2C1(C)C. The molecule has 0 aliphatic heterocycles. The summed E-state index contributed by atoms with van der Waals surface area (Å²) in [6.07, 6.45) is 5.22. The normalized spacial score (nSPS) is 30.0. The van der Waals surface area contributed by atoms with Gasteiger partial charge in [-0.3, -0.25) is 0 Å². The van der Waals surface area contributed by atoms with Gasteiger partial charge in [0, 0.05) is 0 Å². The van der Waals surface area contributed by atoms with E-state index < -0.39 is 0 Å². The van der Waals surface area contributed by atoms with Gasteiger partial charge < -0.3 is 9.84 Å². The van der Waals surface area contributed by atoms with E-state index in [4.69, 9.17) is 4.74 Å². The molecule has 0 radical (unpaired) electrons. The van der Waals surface area contributed by atoms with Crippen molar-refractivity contribution in [3.8, 4) is 0 Å². The Morgan fingerprint density at radius 2 is 1.65 bits per heavy atom. The monoisotopic (exact) mass is 420 g/mol. The lowest BCUT2D eigenvalue weighted by molar-refractivity contribution is -0.123. The smallest absolute Gasteiger partial charge is 0.0861 e. The molecule has 2 heteroatoms. The van der Waals surface area contributed by atoms with Gasteiger partial charge in [-0.25, -0.2) is 0 Å². The lowest BCUT2D eigenvalue weighted by Gasteiger charge is -2.59. The quantitative estimate of drug-likeness (QED) is 0.553. The van der Waals surface area contributed by atoms with E-state index in [2.05, 4.69) is 82.3 Å². The third-order valence-corrected chi connectivity index (χ3v) is 8.48. The Morgan fingerprint density at radius 1 is 0.968 bits per heavy atom. The fraction of sp³-hybridized carbons (Fsp3) is 0.586. The Labute approximate surface area is 189 Å². The van der Waals surface area contributed by atoms with Crippen LogP contribution < -0.4 is 0 Å². The summed E-state index contributed by atoms with van der Waals surface area (Å²) < 4.78 is 6.74. The van der Waals surface area contributed by atoms with E-state index in [1.807, 2.05) is 6.92 Å². The maximum atomic E-state index is 9.92. The van der Waals surface area contributed by atoms with E-state index in [9.17, 15) is 5.11 Å². The topological polar surface area (TPSA) is 29.5 Å². The predicted molar refractivity (Wildman–Crippen MR) is 128 cm³/mol. The van der Waals surface area contributed by atoms with E-state index in [1.165, 1.54) is 24.8 Å². The fourth-order valence-electron chi connectivity index (χ4n) is 7.07. The number of aryl methyl sites for hydroxylation is 1. The molecular formula is C29H40O2. The number of ether oxygens (including phenoxy) is 1. The minimum absolute atomic E-state index is 0.0291. The van der Waals surface area contributed by atoms with Gasteiger partial charge in [0.15, 0.2) is 0 Å². The van der Waals surface area contributed by atoms with Crippen molar-refractivity contribution < 1.29 is 9.84 Å². The predicted octanol–water partition coefficient (Wildman–Crippen LogP) is 6.86. The number of aliphatic hydroxyl groups is 1. The van der Waals surface area contributed by atoms with Crippen LogP contribution in [0.3, 0.4) is 0 Å². The van der Waals surface area contributed by atoms with Gasteiger partial charge in [-0.2, -0.15) is 0 Å². The molecule has 0 heterocycles. The number of hydrogen-bond acceptors (Lipinski definition) is 2. The van der Waals surface area contributed by atoms with Crippen LogP contribution in [-0.2, 0) is 16.6 Å². The van der Waals surface area contributed by atoms with Gasteiger partial charge in [0.2, 0.25) is 0 Å². The third kappa shape index (κ3) is 4.22. The Kier molecular flexibility index (Phi) is 6.34. The summed E-state index contributed by atoms with van der Waals surface area (Å²) in [5.41, 5.74) is 4.81. The minimum atomic E-state index is -0.344. The molecule has 6 atom stereocenters. The van der Waals surface area contributed by atoms with Crippen molar-refractivity contribution in [3.05, 3.63) is 71.3 Å². The van der Waals surface area contributed by atoms with Crippen LogP contribution in [0, 0.1) is 17.3 Å². The molecule has 0 spiro atoms. The second-order valence-electron chi connectivity index (χ2n) is 11.0. The lowest BCUT2D eigenvalue weighted by Crippen LogP contribution is -2.53. The van der Waals surface area contributed by atoms with Gasteiger partial charge >= 0.3 is 0 Å². The zero-order valence-corrected chi connectivity index (χ0v) is 20.0. The number of fused-ring (bicyclic) bond motifs is 3. The largest absolute Gasteiger partial charge is 0.393 e. The van der Waals surface area contributed by atoms with E-state index in [-0.39, 0.29) is 29.1 Å². The van der Waals surface area contributed by atoms with Gasteiger partial charge in [0.05, 0.1) is 18.3 Å². The van der Waals surface area contributed by atoms with Gasteiger partial charge in [-0.05, 0) is 85.3 Å². The molecule has 2 aromatic carbocycles. The summed E-state index contributed by atoms with van der Waals surface area (Å²) in [4.78, 5) is 0. The van der Waals surface area contributed by atoms with Crippen molar-refractivity contribution in [1.82, 2.24) is 0 Å². The first kappa shape index (κ1) is 22.6. The molecular weight excluding hydrogens is 380 g/mol. The molecule has 0 bridgehead atoms. The maximum Gasteiger partial charge on any atom is 0.0861 e. The van der Waals surface area contributed by atoms with Crippen LogP contribution in [0.25, 0.3) is 0 Å². The summed E-state index contributed by atoms with van der Waals surface area (Å²) in [7, 11) is 0. The average molecular weight is 421 g/mol. The van der Waals surface area contributed by atoms with E-state index in [0.717, 1.165) is 6.42 Å². The first-order valence-electron chi connectivity index (χ1n) is 12.2. The molecule has 2 aromatic rings. The fourth-order valence-corrected chi connectivity index (χ4v) is 7.07. The molecule has 168 valence electrons.